The Morgan fingerprint density at radius 1 is 1.23 bits per heavy atom. The molecule has 1 heterocycles. The van der Waals surface area contributed by atoms with Gasteiger partial charge in [0.05, 0.1) is 7.11 Å². The van der Waals surface area contributed by atoms with Crippen molar-refractivity contribution in [2.24, 2.45) is 5.92 Å². The van der Waals surface area contributed by atoms with Crippen molar-refractivity contribution in [2.75, 3.05) is 33.3 Å². The lowest BCUT2D eigenvalue weighted by molar-refractivity contribution is -0.274. The molecule has 4 nitrogen and oxygen atoms in total. The third-order valence-corrected chi connectivity index (χ3v) is 4.59. The van der Waals surface area contributed by atoms with Crippen LogP contribution >= 0.6 is 12.4 Å². The second kappa shape index (κ2) is 10.2. The summed E-state index contributed by atoms with van der Waals surface area (Å²) in [5.74, 6) is 0.551. The topological polar surface area (TPSA) is 33.7 Å². The molecule has 1 N–H and O–H groups in total. The van der Waals surface area contributed by atoms with E-state index >= 15 is 0 Å². The van der Waals surface area contributed by atoms with Crippen molar-refractivity contribution in [3.8, 4) is 11.5 Å². The summed E-state index contributed by atoms with van der Waals surface area (Å²) in [6, 6.07) is 4.52. The Hall–Kier alpha value is -1.18. The number of piperazine rings is 1. The molecule has 26 heavy (non-hydrogen) atoms. The van der Waals surface area contributed by atoms with Crippen LogP contribution in [0.3, 0.4) is 0 Å². The Balaban J connectivity index is 0.00000338. The summed E-state index contributed by atoms with van der Waals surface area (Å²) in [5.41, 5.74) is 0.917. The predicted molar refractivity (Wildman–Crippen MR) is 98.2 cm³/mol. The van der Waals surface area contributed by atoms with Crippen LogP contribution in [-0.2, 0) is 0 Å². The number of nitrogens with zero attached hydrogens (tertiary/aromatic N) is 1. The largest absolute Gasteiger partial charge is 0.573 e. The zero-order chi connectivity index (χ0) is 18.4. The van der Waals surface area contributed by atoms with Gasteiger partial charge in [0.1, 0.15) is 11.5 Å². The van der Waals surface area contributed by atoms with Crippen LogP contribution in [0.4, 0.5) is 13.2 Å². The third-order valence-electron chi connectivity index (χ3n) is 4.59. The van der Waals surface area contributed by atoms with Crippen molar-refractivity contribution in [3.05, 3.63) is 23.8 Å². The number of alkyl halides is 3. The highest BCUT2D eigenvalue weighted by atomic mass is 35.5. The molecule has 1 aliphatic rings. The van der Waals surface area contributed by atoms with Gasteiger partial charge in [-0.1, -0.05) is 26.3 Å². The summed E-state index contributed by atoms with van der Waals surface area (Å²) >= 11 is 0. The fourth-order valence-corrected chi connectivity index (χ4v) is 3.57. The van der Waals surface area contributed by atoms with Crippen LogP contribution in [0.1, 0.15) is 38.3 Å². The summed E-state index contributed by atoms with van der Waals surface area (Å²) in [5, 5.41) is 3.34. The summed E-state index contributed by atoms with van der Waals surface area (Å²) in [6.45, 7) is 7.96. The summed E-state index contributed by atoms with van der Waals surface area (Å²) < 4.78 is 46.9. The van der Waals surface area contributed by atoms with E-state index in [1.807, 2.05) is 0 Å². The van der Waals surface area contributed by atoms with Crippen LogP contribution in [0, 0.1) is 5.92 Å². The zero-order valence-electron chi connectivity index (χ0n) is 15.4. The van der Waals surface area contributed by atoms with E-state index in [-0.39, 0.29) is 24.2 Å². The number of hydrogen-bond acceptors (Lipinski definition) is 4. The lowest BCUT2D eigenvalue weighted by Crippen LogP contribution is -2.46. The highest BCUT2D eigenvalue weighted by Crippen LogP contribution is 2.39. The Morgan fingerprint density at radius 3 is 2.42 bits per heavy atom. The number of halogens is 4. The minimum atomic E-state index is -4.71. The number of nitrogens with one attached hydrogen (secondary N) is 1. The molecule has 0 amide bonds. The normalized spacial score (nSPS) is 17.9. The first-order valence-corrected chi connectivity index (χ1v) is 8.74. The first-order chi connectivity index (χ1) is 11.9. The molecule has 1 fully saturated rings. The van der Waals surface area contributed by atoms with Crippen molar-refractivity contribution in [3.63, 3.8) is 0 Å². The SMILES string of the molecule is CCCC(C)[C@@H](c1ccc(OC(F)(F)F)cc1OC)N1CCNCC1.Cl. The monoisotopic (exact) mass is 396 g/mol. The van der Waals surface area contributed by atoms with Gasteiger partial charge in [0.15, 0.2) is 0 Å². The van der Waals surface area contributed by atoms with Gasteiger partial charge in [-0.15, -0.1) is 25.6 Å². The molecule has 150 valence electrons. The number of hydrogen-bond donors (Lipinski definition) is 1. The van der Waals surface area contributed by atoms with Crippen molar-refractivity contribution in [1.29, 1.82) is 0 Å². The van der Waals surface area contributed by atoms with E-state index in [1.165, 1.54) is 19.2 Å². The van der Waals surface area contributed by atoms with Crippen molar-refractivity contribution in [2.45, 2.75) is 39.1 Å². The maximum atomic E-state index is 12.5. The number of methoxy groups -OCH3 is 1. The molecular weight excluding hydrogens is 369 g/mol. The van der Waals surface area contributed by atoms with Gasteiger partial charge in [0.2, 0.25) is 0 Å². The van der Waals surface area contributed by atoms with Crippen molar-refractivity contribution < 1.29 is 22.6 Å². The highest BCUT2D eigenvalue weighted by molar-refractivity contribution is 5.85. The molecule has 1 unspecified atom stereocenters. The molecule has 1 saturated heterocycles. The Morgan fingerprint density at radius 2 is 1.88 bits per heavy atom. The fourth-order valence-electron chi connectivity index (χ4n) is 3.57. The molecule has 0 aliphatic carbocycles. The van der Waals surface area contributed by atoms with Crippen LogP contribution in [-0.4, -0.2) is 44.6 Å². The van der Waals surface area contributed by atoms with E-state index < -0.39 is 6.36 Å². The molecule has 1 aliphatic heterocycles. The van der Waals surface area contributed by atoms with Gasteiger partial charge < -0.3 is 14.8 Å². The molecule has 0 bridgehead atoms. The maximum absolute atomic E-state index is 12.5. The van der Waals surface area contributed by atoms with Crippen molar-refractivity contribution in [1.82, 2.24) is 10.2 Å². The van der Waals surface area contributed by atoms with Crippen LogP contribution in [0.15, 0.2) is 18.2 Å². The van der Waals surface area contributed by atoms with E-state index in [1.54, 1.807) is 6.07 Å². The van der Waals surface area contributed by atoms with E-state index in [4.69, 9.17) is 4.74 Å². The van der Waals surface area contributed by atoms with Crippen LogP contribution in [0.2, 0.25) is 0 Å². The summed E-state index contributed by atoms with van der Waals surface area (Å²) in [4.78, 5) is 2.39. The Labute approximate surface area is 159 Å². The fraction of sp³-hybridized carbons (Fsp3) is 0.667. The van der Waals surface area contributed by atoms with Crippen LogP contribution in [0.5, 0.6) is 11.5 Å². The minimum Gasteiger partial charge on any atom is -0.496 e. The van der Waals surface area contributed by atoms with Gasteiger partial charge in [-0.2, -0.15) is 0 Å². The van der Waals surface area contributed by atoms with E-state index in [9.17, 15) is 13.2 Å². The smallest absolute Gasteiger partial charge is 0.496 e. The summed E-state index contributed by atoms with van der Waals surface area (Å²) in [6.07, 6.45) is -2.61. The molecular formula is C18H28ClF3N2O2. The van der Waals surface area contributed by atoms with Gasteiger partial charge in [0, 0.05) is 43.9 Å². The zero-order valence-corrected chi connectivity index (χ0v) is 16.3. The van der Waals surface area contributed by atoms with E-state index in [0.717, 1.165) is 44.6 Å². The molecule has 2 rings (SSSR count). The average Bonchev–Trinajstić information content (AvgIpc) is 2.56. The Kier molecular flexibility index (Phi) is 9.00. The minimum absolute atomic E-state index is 0. The van der Waals surface area contributed by atoms with Crippen LogP contribution in [0.25, 0.3) is 0 Å². The van der Waals surface area contributed by atoms with E-state index in [0.29, 0.717) is 11.7 Å². The maximum Gasteiger partial charge on any atom is 0.573 e. The molecule has 1 aromatic rings. The molecule has 1 aromatic carbocycles. The van der Waals surface area contributed by atoms with Gasteiger partial charge in [-0.3, -0.25) is 4.90 Å². The van der Waals surface area contributed by atoms with Crippen LogP contribution < -0.4 is 14.8 Å². The van der Waals surface area contributed by atoms with E-state index in [2.05, 4.69) is 28.8 Å². The number of benzene rings is 1. The second-order valence-corrected chi connectivity index (χ2v) is 6.45. The molecule has 8 heteroatoms. The third kappa shape index (κ3) is 6.21. The lowest BCUT2D eigenvalue weighted by Gasteiger charge is -2.39. The lowest BCUT2D eigenvalue weighted by atomic mass is 9.88. The predicted octanol–water partition coefficient (Wildman–Crippen LogP) is 4.40. The molecule has 0 radical (unpaired) electrons. The average molecular weight is 397 g/mol. The second-order valence-electron chi connectivity index (χ2n) is 6.45. The van der Waals surface area contributed by atoms with Gasteiger partial charge >= 0.3 is 6.36 Å². The highest BCUT2D eigenvalue weighted by Gasteiger charge is 2.33. The molecule has 2 atom stereocenters. The summed E-state index contributed by atoms with van der Waals surface area (Å²) in [7, 11) is 1.48. The van der Waals surface area contributed by atoms with Gasteiger partial charge in [0.25, 0.3) is 0 Å². The number of rotatable bonds is 7. The molecule has 0 saturated carbocycles. The quantitative estimate of drug-likeness (QED) is 0.740. The first-order valence-electron chi connectivity index (χ1n) is 8.74. The Bertz CT molecular complexity index is 552. The number of ether oxygens (including phenoxy) is 2. The van der Waals surface area contributed by atoms with Crippen molar-refractivity contribution >= 4 is 12.4 Å². The molecule has 0 spiro atoms. The van der Waals surface area contributed by atoms with Gasteiger partial charge in [-0.25, -0.2) is 0 Å². The first kappa shape index (κ1) is 22.9. The standard InChI is InChI=1S/C18H27F3N2O2.ClH/c1-4-5-13(2)17(23-10-8-22-9-11-23)15-7-6-14(12-16(15)24-3)25-18(19,20)21;/h6-7,12-13,17,22H,4-5,8-11H2,1-3H3;1H/t13?,17-;/m0./s1. The van der Waals surface area contributed by atoms with Gasteiger partial charge in [-0.05, 0) is 18.4 Å². The molecule has 0 aromatic heterocycles.